The van der Waals surface area contributed by atoms with Crippen molar-refractivity contribution in [2.24, 2.45) is 0 Å². The lowest BCUT2D eigenvalue weighted by Crippen LogP contribution is -2.45. The molecule has 3 rings (SSSR count). The molecule has 1 aliphatic heterocycles. The first-order valence-corrected chi connectivity index (χ1v) is 10.4. The molecule has 0 spiro atoms. The summed E-state index contributed by atoms with van der Waals surface area (Å²) in [6.45, 7) is 4.21. The zero-order valence-electron chi connectivity index (χ0n) is 18.0. The Morgan fingerprint density at radius 2 is 1.66 bits per heavy atom. The second-order valence-corrected chi connectivity index (χ2v) is 7.19. The third-order valence-corrected chi connectivity index (χ3v) is 5.17. The van der Waals surface area contributed by atoms with Crippen LogP contribution >= 0.6 is 0 Å². The molecule has 0 aliphatic carbocycles. The van der Waals surface area contributed by atoms with Gasteiger partial charge in [-0.3, -0.25) is 14.5 Å². The van der Waals surface area contributed by atoms with Gasteiger partial charge >= 0.3 is 6.03 Å². The first kappa shape index (κ1) is 23.1. The number of urea groups is 1. The van der Waals surface area contributed by atoms with Gasteiger partial charge in [-0.15, -0.1) is 0 Å². The maximum Gasteiger partial charge on any atom is 0.325 e. The van der Waals surface area contributed by atoms with Crippen molar-refractivity contribution in [3.63, 3.8) is 0 Å². The lowest BCUT2D eigenvalue weighted by Gasteiger charge is -2.25. The molecule has 1 heterocycles. The number of amides is 4. The van der Waals surface area contributed by atoms with E-state index in [4.69, 9.17) is 9.47 Å². The van der Waals surface area contributed by atoms with E-state index in [1.54, 1.807) is 31.2 Å². The number of nitrogens with zero attached hydrogens (tertiary/aromatic N) is 1. The average molecular weight is 443 g/mol. The molecule has 1 fully saturated rings. The van der Waals surface area contributed by atoms with Crippen molar-refractivity contribution in [2.75, 3.05) is 26.3 Å². The van der Waals surface area contributed by atoms with Gasteiger partial charge in [0, 0.05) is 0 Å². The number of hydrogen-bond donors (Lipinski definition) is 2. The van der Waals surface area contributed by atoms with Crippen LogP contribution in [-0.2, 0) is 15.1 Å². The summed E-state index contributed by atoms with van der Waals surface area (Å²) in [6, 6.07) is 11.8. The fourth-order valence-corrected chi connectivity index (χ4v) is 3.50. The third kappa shape index (κ3) is 4.99. The van der Waals surface area contributed by atoms with E-state index in [9.17, 15) is 18.8 Å². The van der Waals surface area contributed by atoms with Crippen LogP contribution in [0.3, 0.4) is 0 Å². The number of rotatable bonds is 10. The molecule has 0 aromatic heterocycles. The molecule has 4 amide bonds. The minimum Gasteiger partial charge on any atom is -0.494 e. The second-order valence-electron chi connectivity index (χ2n) is 7.19. The van der Waals surface area contributed by atoms with Crippen LogP contribution in [0, 0.1) is 5.82 Å². The smallest absolute Gasteiger partial charge is 0.325 e. The predicted molar refractivity (Wildman–Crippen MR) is 115 cm³/mol. The van der Waals surface area contributed by atoms with Crippen LogP contribution in [0.25, 0.3) is 0 Å². The van der Waals surface area contributed by atoms with Crippen LogP contribution in [0.15, 0.2) is 48.5 Å². The molecule has 0 bridgehead atoms. The van der Waals surface area contributed by atoms with Crippen LogP contribution in [-0.4, -0.2) is 49.0 Å². The van der Waals surface area contributed by atoms with Gasteiger partial charge in [0.1, 0.15) is 36.0 Å². The van der Waals surface area contributed by atoms with Gasteiger partial charge in [-0.1, -0.05) is 19.1 Å². The normalized spacial score (nSPS) is 17.8. The molecule has 0 radical (unpaired) electrons. The molecule has 2 N–H and O–H groups in total. The summed E-state index contributed by atoms with van der Waals surface area (Å²) in [5, 5.41) is 5.29. The van der Waals surface area contributed by atoms with Gasteiger partial charge in [0.15, 0.2) is 0 Å². The highest BCUT2D eigenvalue weighted by molar-refractivity contribution is 6.09. The molecule has 1 saturated heterocycles. The summed E-state index contributed by atoms with van der Waals surface area (Å²) in [7, 11) is 0. The van der Waals surface area contributed by atoms with Gasteiger partial charge in [0.2, 0.25) is 5.91 Å². The van der Waals surface area contributed by atoms with Gasteiger partial charge in [-0.2, -0.15) is 0 Å². The van der Waals surface area contributed by atoms with Crippen molar-refractivity contribution in [3.05, 3.63) is 59.9 Å². The molecule has 9 heteroatoms. The number of imide groups is 1. The van der Waals surface area contributed by atoms with Crippen LogP contribution in [0.4, 0.5) is 9.18 Å². The molecule has 8 nitrogen and oxygen atoms in total. The van der Waals surface area contributed by atoms with E-state index < -0.39 is 35.7 Å². The Morgan fingerprint density at radius 3 is 2.25 bits per heavy atom. The first-order valence-electron chi connectivity index (χ1n) is 10.4. The molecule has 32 heavy (non-hydrogen) atoms. The molecular formula is C23H26FN3O5. The molecular weight excluding hydrogens is 417 g/mol. The van der Waals surface area contributed by atoms with E-state index in [1.807, 2.05) is 6.92 Å². The minimum absolute atomic E-state index is 0.201. The largest absolute Gasteiger partial charge is 0.494 e. The number of nitrogens with one attached hydrogen (secondary N) is 2. The summed E-state index contributed by atoms with van der Waals surface area (Å²) in [4.78, 5) is 38.6. The van der Waals surface area contributed by atoms with E-state index in [2.05, 4.69) is 10.6 Å². The van der Waals surface area contributed by atoms with Gasteiger partial charge in [0.25, 0.3) is 5.91 Å². The highest BCUT2D eigenvalue weighted by atomic mass is 19.1. The van der Waals surface area contributed by atoms with Gasteiger partial charge in [-0.25, -0.2) is 9.18 Å². The average Bonchev–Trinajstić information content (AvgIpc) is 3.03. The summed E-state index contributed by atoms with van der Waals surface area (Å²) in [6.07, 6.45) is 0.261. The van der Waals surface area contributed by atoms with E-state index in [0.29, 0.717) is 17.9 Å². The summed E-state index contributed by atoms with van der Waals surface area (Å²) in [5.41, 5.74) is -0.853. The van der Waals surface area contributed by atoms with E-state index >= 15 is 0 Å². The van der Waals surface area contributed by atoms with Crippen LogP contribution in [0.1, 0.15) is 25.8 Å². The molecule has 0 saturated carbocycles. The molecule has 1 atom stereocenters. The minimum atomic E-state index is -1.32. The Hall–Kier alpha value is -3.62. The number of carbonyl (C=O) groups excluding carboxylic acids is 3. The van der Waals surface area contributed by atoms with Crippen molar-refractivity contribution in [1.29, 1.82) is 0 Å². The number of halogens is 1. The highest BCUT2D eigenvalue weighted by Gasteiger charge is 2.51. The maximum absolute atomic E-state index is 13.3. The Balaban J connectivity index is 1.51. The maximum atomic E-state index is 13.3. The standard InChI is InChI=1S/C23H26FN3O5/c1-3-23(16-5-7-17(24)8-6-16)21(29)27(22(30)26-23)15-20(28)25-13-14-32-19-11-9-18(10-12-19)31-4-2/h5-12H,3-4,13-15H2,1-2H3,(H,25,28)(H,26,30). The summed E-state index contributed by atoms with van der Waals surface area (Å²) < 4.78 is 24.2. The third-order valence-electron chi connectivity index (χ3n) is 5.17. The molecule has 1 unspecified atom stereocenters. The summed E-state index contributed by atoms with van der Waals surface area (Å²) >= 11 is 0. The fourth-order valence-electron chi connectivity index (χ4n) is 3.50. The number of benzene rings is 2. The SMILES string of the molecule is CCOc1ccc(OCCNC(=O)CN2C(=O)NC(CC)(c3ccc(F)cc3)C2=O)cc1. The quantitative estimate of drug-likeness (QED) is 0.435. The van der Waals surface area contributed by atoms with Crippen LogP contribution in [0.5, 0.6) is 11.5 Å². The van der Waals surface area contributed by atoms with Gasteiger partial charge in [-0.05, 0) is 55.3 Å². The molecule has 2 aromatic rings. The number of hydrogen-bond acceptors (Lipinski definition) is 5. The predicted octanol–water partition coefficient (Wildman–Crippen LogP) is 2.58. The van der Waals surface area contributed by atoms with Gasteiger partial charge < -0.3 is 20.1 Å². The van der Waals surface area contributed by atoms with Crippen LogP contribution < -0.4 is 20.1 Å². The molecule has 1 aliphatic rings. The molecule has 170 valence electrons. The van der Waals surface area contributed by atoms with E-state index in [1.165, 1.54) is 24.3 Å². The van der Waals surface area contributed by atoms with Crippen molar-refractivity contribution in [1.82, 2.24) is 15.5 Å². The Kier molecular flexibility index (Phi) is 7.29. The van der Waals surface area contributed by atoms with E-state index in [-0.39, 0.29) is 19.6 Å². The van der Waals surface area contributed by atoms with Crippen LogP contribution in [0.2, 0.25) is 0 Å². The lowest BCUT2D eigenvalue weighted by atomic mass is 9.87. The number of ether oxygens (including phenoxy) is 2. The zero-order valence-corrected chi connectivity index (χ0v) is 18.0. The van der Waals surface area contributed by atoms with Crippen molar-refractivity contribution >= 4 is 17.8 Å². The Labute approximate surface area is 185 Å². The topological polar surface area (TPSA) is 97.0 Å². The van der Waals surface area contributed by atoms with Crippen molar-refractivity contribution < 1.29 is 28.2 Å². The highest BCUT2D eigenvalue weighted by Crippen LogP contribution is 2.32. The summed E-state index contributed by atoms with van der Waals surface area (Å²) in [5.74, 6) is -0.109. The lowest BCUT2D eigenvalue weighted by molar-refractivity contribution is -0.135. The number of carbonyl (C=O) groups is 3. The second kappa shape index (κ2) is 10.1. The monoisotopic (exact) mass is 443 g/mol. The Morgan fingerprint density at radius 1 is 1.03 bits per heavy atom. The van der Waals surface area contributed by atoms with E-state index in [0.717, 1.165) is 10.6 Å². The first-order chi connectivity index (χ1) is 15.4. The fraction of sp³-hybridized carbons (Fsp3) is 0.348. The molecule has 2 aromatic carbocycles. The zero-order chi connectivity index (χ0) is 23.1. The Bertz CT molecular complexity index is 965. The van der Waals surface area contributed by atoms with Crippen molar-refractivity contribution in [2.45, 2.75) is 25.8 Å². The van der Waals surface area contributed by atoms with Gasteiger partial charge in [0.05, 0.1) is 13.2 Å². The van der Waals surface area contributed by atoms with Crippen molar-refractivity contribution in [3.8, 4) is 11.5 Å².